The number of methoxy groups -OCH3 is 2. The number of benzene rings is 2. The lowest BCUT2D eigenvalue weighted by molar-refractivity contribution is 0.373. The number of anilines is 1. The molecule has 0 spiro atoms. The van der Waals surface area contributed by atoms with E-state index in [0.29, 0.717) is 11.9 Å². The van der Waals surface area contributed by atoms with Crippen molar-refractivity contribution in [2.75, 3.05) is 26.0 Å². The molecule has 174 valence electrons. The second-order valence-electron chi connectivity index (χ2n) is 7.58. The van der Waals surface area contributed by atoms with Crippen LogP contribution in [0.5, 0.6) is 11.5 Å². The SMILES string of the molecule is CNCc1cnn(Cc2cc(C)c3c(NS(=O)(=O)c4c(OC)cccc4OC)n[nH]c3c2)c1. The first kappa shape index (κ1) is 22.6. The van der Waals surface area contributed by atoms with Crippen molar-refractivity contribution in [3.63, 3.8) is 0 Å². The van der Waals surface area contributed by atoms with Gasteiger partial charge in [0.05, 0.1) is 32.5 Å². The van der Waals surface area contributed by atoms with E-state index in [-0.39, 0.29) is 22.2 Å². The third-order valence-electron chi connectivity index (χ3n) is 5.21. The monoisotopic (exact) mass is 470 g/mol. The molecule has 0 radical (unpaired) electrons. The third kappa shape index (κ3) is 4.50. The second-order valence-corrected chi connectivity index (χ2v) is 9.20. The number of hydrogen-bond donors (Lipinski definition) is 3. The average Bonchev–Trinajstić information content (AvgIpc) is 3.40. The summed E-state index contributed by atoms with van der Waals surface area (Å²) >= 11 is 0. The molecule has 3 N–H and O–H groups in total. The normalized spacial score (nSPS) is 11.6. The zero-order valence-corrected chi connectivity index (χ0v) is 19.7. The maximum absolute atomic E-state index is 13.2. The Balaban J connectivity index is 1.66. The molecule has 0 bridgehead atoms. The number of aromatic nitrogens is 4. The topological polar surface area (TPSA) is 123 Å². The van der Waals surface area contributed by atoms with Crippen molar-refractivity contribution in [2.24, 2.45) is 0 Å². The van der Waals surface area contributed by atoms with Gasteiger partial charge in [0.25, 0.3) is 10.0 Å². The van der Waals surface area contributed by atoms with Crippen LogP contribution < -0.4 is 19.5 Å². The van der Waals surface area contributed by atoms with Crippen molar-refractivity contribution in [3.8, 4) is 11.5 Å². The van der Waals surface area contributed by atoms with Crippen LogP contribution in [-0.4, -0.2) is 49.7 Å². The van der Waals surface area contributed by atoms with Crippen molar-refractivity contribution in [3.05, 3.63) is 59.4 Å². The van der Waals surface area contributed by atoms with Gasteiger partial charge in [-0.25, -0.2) is 8.42 Å². The molecule has 0 fully saturated rings. The molecule has 0 saturated carbocycles. The lowest BCUT2D eigenvalue weighted by Gasteiger charge is -2.14. The minimum atomic E-state index is -4.04. The summed E-state index contributed by atoms with van der Waals surface area (Å²) in [4.78, 5) is -0.0866. The van der Waals surface area contributed by atoms with Gasteiger partial charge in [-0.2, -0.15) is 10.2 Å². The molecule has 4 rings (SSSR count). The lowest BCUT2D eigenvalue weighted by Crippen LogP contribution is -2.16. The van der Waals surface area contributed by atoms with Crippen LogP contribution in [0.3, 0.4) is 0 Å². The summed E-state index contributed by atoms with van der Waals surface area (Å²) in [6.45, 7) is 3.25. The molecule has 2 aromatic heterocycles. The van der Waals surface area contributed by atoms with Gasteiger partial charge in [-0.1, -0.05) is 12.1 Å². The van der Waals surface area contributed by atoms with E-state index >= 15 is 0 Å². The fourth-order valence-corrected chi connectivity index (χ4v) is 5.17. The molecule has 2 heterocycles. The van der Waals surface area contributed by atoms with Crippen LogP contribution in [0.4, 0.5) is 5.82 Å². The van der Waals surface area contributed by atoms with Gasteiger partial charge in [-0.15, -0.1) is 0 Å². The molecule has 2 aromatic carbocycles. The number of hydrogen-bond acceptors (Lipinski definition) is 7. The first-order chi connectivity index (χ1) is 15.9. The number of rotatable bonds is 9. The molecular formula is C22H26N6O4S. The number of sulfonamides is 1. The van der Waals surface area contributed by atoms with E-state index < -0.39 is 10.0 Å². The first-order valence-corrected chi connectivity index (χ1v) is 11.7. The van der Waals surface area contributed by atoms with Gasteiger partial charge in [0.15, 0.2) is 10.7 Å². The molecule has 0 atom stereocenters. The van der Waals surface area contributed by atoms with Crippen molar-refractivity contribution in [1.29, 1.82) is 0 Å². The van der Waals surface area contributed by atoms with E-state index in [1.54, 1.807) is 18.2 Å². The second kappa shape index (κ2) is 9.12. The zero-order chi connectivity index (χ0) is 23.6. The number of fused-ring (bicyclic) bond motifs is 1. The van der Waals surface area contributed by atoms with Gasteiger partial charge >= 0.3 is 0 Å². The summed E-state index contributed by atoms with van der Waals surface area (Å²) < 4.78 is 41.4. The molecule has 0 aliphatic heterocycles. The Hall–Kier alpha value is -3.57. The van der Waals surface area contributed by atoms with E-state index in [2.05, 4.69) is 25.3 Å². The minimum Gasteiger partial charge on any atom is -0.495 e. The summed E-state index contributed by atoms with van der Waals surface area (Å²) in [5, 5.41) is 15.3. The van der Waals surface area contributed by atoms with Crippen LogP contribution in [0.25, 0.3) is 10.9 Å². The quantitative estimate of drug-likeness (QED) is 0.344. The smallest absolute Gasteiger partial charge is 0.270 e. The van der Waals surface area contributed by atoms with Gasteiger partial charge in [-0.05, 0) is 43.3 Å². The Morgan fingerprint density at radius 3 is 2.52 bits per heavy atom. The summed E-state index contributed by atoms with van der Waals surface area (Å²) in [6, 6.07) is 8.73. The Labute approximate surface area is 192 Å². The molecule has 33 heavy (non-hydrogen) atoms. The largest absolute Gasteiger partial charge is 0.495 e. The first-order valence-electron chi connectivity index (χ1n) is 10.2. The summed E-state index contributed by atoms with van der Waals surface area (Å²) in [7, 11) is 0.666. The van der Waals surface area contributed by atoms with Crippen LogP contribution in [0.15, 0.2) is 47.6 Å². The van der Waals surface area contributed by atoms with Crippen LogP contribution in [0.1, 0.15) is 16.7 Å². The van der Waals surface area contributed by atoms with Gasteiger partial charge in [0, 0.05) is 23.7 Å². The highest BCUT2D eigenvalue weighted by Crippen LogP contribution is 2.35. The highest BCUT2D eigenvalue weighted by molar-refractivity contribution is 7.93. The van der Waals surface area contributed by atoms with Crippen molar-refractivity contribution < 1.29 is 17.9 Å². The Bertz CT molecular complexity index is 1370. The molecule has 0 saturated heterocycles. The van der Waals surface area contributed by atoms with Gasteiger partial charge in [0.1, 0.15) is 11.5 Å². The average molecular weight is 471 g/mol. The number of ether oxygens (including phenoxy) is 2. The van der Waals surface area contributed by atoms with Gasteiger partial charge in [0.2, 0.25) is 0 Å². The summed E-state index contributed by atoms with van der Waals surface area (Å²) in [6.07, 6.45) is 3.82. The molecule has 10 nitrogen and oxygen atoms in total. The lowest BCUT2D eigenvalue weighted by atomic mass is 10.1. The van der Waals surface area contributed by atoms with Gasteiger partial charge in [-0.3, -0.25) is 14.5 Å². The van der Waals surface area contributed by atoms with Crippen molar-refractivity contribution >= 4 is 26.7 Å². The molecule has 0 aliphatic rings. The highest BCUT2D eigenvalue weighted by atomic mass is 32.2. The number of aromatic amines is 1. The van der Waals surface area contributed by atoms with E-state index in [0.717, 1.165) is 28.8 Å². The fourth-order valence-electron chi connectivity index (χ4n) is 3.84. The maximum Gasteiger partial charge on any atom is 0.270 e. The molecule has 11 heteroatoms. The van der Waals surface area contributed by atoms with Crippen LogP contribution >= 0.6 is 0 Å². The van der Waals surface area contributed by atoms with E-state index in [1.165, 1.54) is 14.2 Å². The molecule has 0 amide bonds. The summed E-state index contributed by atoms with van der Waals surface area (Å²) in [5.74, 6) is 0.563. The molecular weight excluding hydrogens is 444 g/mol. The van der Waals surface area contributed by atoms with Crippen molar-refractivity contribution in [1.82, 2.24) is 25.3 Å². The van der Waals surface area contributed by atoms with Crippen molar-refractivity contribution in [2.45, 2.75) is 24.9 Å². The Morgan fingerprint density at radius 1 is 1.12 bits per heavy atom. The van der Waals surface area contributed by atoms with Crippen LogP contribution in [0, 0.1) is 6.92 Å². The fraction of sp³-hybridized carbons (Fsp3) is 0.273. The Kier molecular flexibility index (Phi) is 6.25. The maximum atomic E-state index is 13.2. The van der Waals surface area contributed by atoms with E-state index in [1.807, 2.05) is 43.2 Å². The van der Waals surface area contributed by atoms with Crippen LogP contribution in [-0.2, 0) is 23.1 Å². The number of H-pyrrole nitrogens is 1. The minimum absolute atomic E-state index is 0.0866. The number of aryl methyl sites for hydroxylation is 1. The third-order valence-corrected chi connectivity index (χ3v) is 6.62. The molecule has 0 aliphatic carbocycles. The number of nitrogens with zero attached hydrogens (tertiary/aromatic N) is 3. The number of nitrogens with one attached hydrogen (secondary N) is 3. The standard InChI is InChI=1S/C22H26N6O4S/c1-14-8-15(12-28-13-16(10-23-2)11-24-28)9-17-20(14)22(26-25-17)27-33(29,30)21-18(31-3)6-5-7-19(21)32-4/h5-9,11,13,23H,10,12H2,1-4H3,(H2,25,26,27). The highest BCUT2D eigenvalue weighted by Gasteiger charge is 2.26. The predicted molar refractivity (Wildman–Crippen MR) is 125 cm³/mol. The summed E-state index contributed by atoms with van der Waals surface area (Å²) in [5.41, 5.74) is 3.71. The molecule has 4 aromatic rings. The zero-order valence-electron chi connectivity index (χ0n) is 18.8. The molecule has 0 unspecified atom stereocenters. The van der Waals surface area contributed by atoms with E-state index in [9.17, 15) is 8.42 Å². The van der Waals surface area contributed by atoms with Gasteiger partial charge < -0.3 is 14.8 Å². The van der Waals surface area contributed by atoms with Crippen LogP contribution in [0.2, 0.25) is 0 Å². The predicted octanol–water partition coefficient (Wildman–Crippen LogP) is 2.65. The Morgan fingerprint density at radius 2 is 1.85 bits per heavy atom. The van der Waals surface area contributed by atoms with E-state index in [4.69, 9.17) is 9.47 Å².